The molecule has 0 saturated carbocycles. The number of nitrogens with one attached hydrogen (secondary N) is 2. The van der Waals surface area contributed by atoms with Crippen LogP contribution in [0.1, 0.15) is 55.2 Å². The number of hydrogen-bond donors (Lipinski definition) is 2. The monoisotopic (exact) mass is 631 g/mol. The Morgan fingerprint density at radius 3 is 2.53 bits per heavy atom. The molecule has 3 aromatic carbocycles. The topological polar surface area (TPSA) is 79.9 Å². The zero-order valence-electron chi connectivity index (χ0n) is 23.9. The first kappa shape index (κ1) is 31.0. The van der Waals surface area contributed by atoms with E-state index in [-0.39, 0.29) is 30.1 Å². The molecule has 0 bridgehead atoms. The molecule has 2 N–H and O–H groups in total. The van der Waals surface area contributed by atoms with Crippen molar-refractivity contribution in [1.82, 2.24) is 10.2 Å². The molecule has 7 nitrogen and oxygen atoms in total. The number of nitrogens with zero attached hydrogens (tertiary/aromatic N) is 1. The summed E-state index contributed by atoms with van der Waals surface area (Å²) in [6.07, 6.45) is 1.73. The number of anilines is 1. The number of methoxy groups -OCH3 is 1. The molecule has 0 radical (unpaired) electrons. The minimum atomic E-state index is -0.876. The summed E-state index contributed by atoms with van der Waals surface area (Å²) in [5.41, 5.74) is 1.70. The Morgan fingerprint density at radius 2 is 1.84 bits per heavy atom. The molecule has 5 rings (SSSR count). The van der Waals surface area contributed by atoms with Gasteiger partial charge in [0, 0.05) is 44.1 Å². The summed E-state index contributed by atoms with van der Waals surface area (Å²) in [6, 6.07) is 14.2. The van der Waals surface area contributed by atoms with Gasteiger partial charge < -0.3 is 19.7 Å². The summed E-state index contributed by atoms with van der Waals surface area (Å²) in [7, 11) is 1.40. The molecule has 228 valence electrons. The number of fused-ring (bicyclic) bond motifs is 2. The molecule has 2 heterocycles. The highest BCUT2D eigenvalue weighted by Crippen LogP contribution is 2.44. The van der Waals surface area contributed by atoms with Crippen molar-refractivity contribution in [2.75, 3.05) is 25.5 Å². The van der Waals surface area contributed by atoms with Crippen LogP contribution in [0, 0.1) is 11.6 Å². The maximum absolute atomic E-state index is 14.2. The van der Waals surface area contributed by atoms with E-state index < -0.39 is 23.4 Å². The molecule has 2 amide bonds. The number of rotatable bonds is 9. The first-order valence-corrected chi connectivity index (χ1v) is 14.9. The van der Waals surface area contributed by atoms with Crippen LogP contribution in [-0.2, 0) is 21.7 Å². The van der Waals surface area contributed by atoms with Crippen molar-refractivity contribution in [3.8, 4) is 5.75 Å². The molecular formula is C32H33Cl2F2N3O4. The molecule has 0 aliphatic carbocycles. The van der Waals surface area contributed by atoms with Crippen molar-refractivity contribution < 1.29 is 27.8 Å². The zero-order valence-corrected chi connectivity index (χ0v) is 25.4. The quantitative estimate of drug-likeness (QED) is 0.257. The fourth-order valence-electron chi connectivity index (χ4n) is 5.97. The maximum atomic E-state index is 14.2. The average molecular weight is 633 g/mol. The second kappa shape index (κ2) is 13.1. The van der Waals surface area contributed by atoms with E-state index in [0.29, 0.717) is 65.6 Å². The van der Waals surface area contributed by atoms with Crippen molar-refractivity contribution in [2.45, 2.75) is 56.7 Å². The van der Waals surface area contributed by atoms with Gasteiger partial charge in [-0.1, -0.05) is 35.3 Å². The molecule has 2 atom stereocenters. The fourth-order valence-corrected chi connectivity index (χ4v) is 6.28. The number of carbonyl (C=O) groups excluding carboxylic acids is 2. The lowest BCUT2D eigenvalue weighted by atomic mass is 9.81. The van der Waals surface area contributed by atoms with E-state index >= 15 is 0 Å². The Bertz CT molecular complexity index is 1510. The van der Waals surface area contributed by atoms with Crippen molar-refractivity contribution in [3.05, 3.63) is 93.0 Å². The fraction of sp³-hybridized carbons (Fsp3) is 0.375. The largest absolute Gasteiger partial charge is 0.494 e. The summed E-state index contributed by atoms with van der Waals surface area (Å²) in [5.74, 6) is -1.47. The van der Waals surface area contributed by atoms with Gasteiger partial charge in [0.25, 0.3) is 0 Å². The normalized spacial score (nSPS) is 17.4. The molecule has 0 aromatic heterocycles. The Morgan fingerprint density at radius 1 is 1.07 bits per heavy atom. The number of ether oxygens (including phenoxy) is 2. The summed E-state index contributed by atoms with van der Waals surface area (Å²) < 4.78 is 39.0. The number of hydrogen-bond acceptors (Lipinski definition) is 5. The van der Waals surface area contributed by atoms with E-state index in [9.17, 15) is 18.4 Å². The minimum Gasteiger partial charge on any atom is -0.494 e. The summed E-state index contributed by atoms with van der Waals surface area (Å²) in [6.45, 7) is 3.52. The Balaban J connectivity index is 1.25. The average Bonchev–Trinajstić information content (AvgIpc) is 2.98. The van der Waals surface area contributed by atoms with Crippen LogP contribution in [-0.4, -0.2) is 43.1 Å². The first-order valence-electron chi connectivity index (χ1n) is 14.2. The van der Waals surface area contributed by atoms with Crippen LogP contribution in [0.5, 0.6) is 5.75 Å². The molecule has 3 aromatic rings. The van der Waals surface area contributed by atoms with Crippen LogP contribution in [0.3, 0.4) is 0 Å². The molecule has 43 heavy (non-hydrogen) atoms. The first-order chi connectivity index (χ1) is 20.6. The van der Waals surface area contributed by atoms with Gasteiger partial charge in [0.1, 0.15) is 11.4 Å². The van der Waals surface area contributed by atoms with Gasteiger partial charge in [-0.05, 0) is 73.4 Å². The smallest absolute Gasteiger partial charge is 0.412 e. The maximum Gasteiger partial charge on any atom is 0.412 e. The highest BCUT2D eigenvalue weighted by Gasteiger charge is 2.45. The third-order valence-electron chi connectivity index (χ3n) is 8.44. The van der Waals surface area contributed by atoms with Crippen molar-refractivity contribution in [2.24, 2.45) is 0 Å². The molecule has 1 fully saturated rings. The van der Waals surface area contributed by atoms with Crippen LogP contribution >= 0.6 is 23.2 Å². The molecule has 11 heteroatoms. The highest BCUT2D eigenvalue weighted by molar-refractivity contribution is 6.42. The SMILES string of the molecule is COc1ccc(CNC(=O)C(CCC(C)N2CCC3(CC2)OC(=O)Nc2ccc(F)cc23)c2ccc(Cl)c(Cl)c2)cc1F. The second-order valence-electron chi connectivity index (χ2n) is 11.1. The van der Waals surface area contributed by atoms with E-state index in [2.05, 4.69) is 22.5 Å². The third kappa shape index (κ3) is 6.89. The van der Waals surface area contributed by atoms with Gasteiger partial charge in [0.2, 0.25) is 5.91 Å². The highest BCUT2D eigenvalue weighted by atomic mass is 35.5. The van der Waals surface area contributed by atoms with E-state index in [1.165, 1.54) is 31.4 Å². The van der Waals surface area contributed by atoms with Crippen LogP contribution in [0.4, 0.5) is 19.3 Å². The number of amides is 2. The standard InChI is InChI=1S/C32H33Cl2F2N3O4/c1-19(39-13-11-32(12-14-39)24-17-22(35)6-9-28(24)38-31(41)43-32)3-7-23(21-5-8-25(33)26(34)16-21)30(40)37-18-20-4-10-29(42-2)27(36)15-20/h4-6,8-10,15-17,19,23H,3,7,11-14,18H2,1-2H3,(H,37,40)(H,38,41). The predicted molar refractivity (Wildman–Crippen MR) is 162 cm³/mol. The van der Waals surface area contributed by atoms with Gasteiger partial charge >= 0.3 is 6.09 Å². The molecule has 1 saturated heterocycles. The Labute approximate surface area is 259 Å². The molecule has 1 spiro atoms. The van der Waals surface area contributed by atoms with Crippen LogP contribution in [0.2, 0.25) is 10.0 Å². The van der Waals surface area contributed by atoms with Gasteiger partial charge in [-0.15, -0.1) is 0 Å². The zero-order chi connectivity index (χ0) is 30.7. The van der Waals surface area contributed by atoms with E-state index in [4.69, 9.17) is 32.7 Å². The molecule has 2 aliphatic heterocycles. The van der Waals surface area contributed by atoms with Crippen LogP contribution in [0.15, 0.2) is 54.6 Å². The lowest BCUT2D eigenvalue weighted by molar-refractivity contribution is -0.123. The molecule has 2 aliphatic rings. The van der Waals surface area contributed by atoms with E-state index in [1.54, 1.807) is 30.3 Å². The van der Waals surface area contributed by atoms with Gasteiger partial charge in [0.15, 0.2) is 11.6 Å². The third-order valence-corrected chi connectivity index (χ3v) is 9.18. The molecular weight excluding hydrogens is 599 g/mol. The van der Waals surface area contributed by atoms with Gasteiger partial charge in [-0.25, -0.2) is 13.6 Å². The van der Waals surface area contributed by atoms with E-state index in [1.807, 2.05) is 0 Å². The Kier molecular flexibility index (Phi) is 9.44. The number of benzene rings is 3. The van der Waals surface area contributed by atoms with Crippen LogP contribution in [0.25, 0.3) is 0 Å². The number of carbonyl (C=O) groups is 2. The second-order valence-corrected chi connectivity index (χ2v) is 11.9. The van der Waals surface area contributed by atoms with Crippen molar-refractivity contribution >= 4 is 40.9 Å². The summed E-state index contributed by atoms with van der Waals surface area (Å²) in [5, 5.41) is 6.36. The van der Waals surface area contributed by atoms with Gasteiger partial charge in [-0.3, -0.25) is 10.1 Å². The summed E-state index contributed by atoms with van der Waals surface area (Å²) >= 11 is 12.4. The molecule has 2 unspecified atom stereocenters. The summed E-state index contributed by atoms with van der Waals surface area (Å²) in [4.78, 5) is 28.1. The van der Waals surface area contributed by atoms with Crippen molar-refractivity contribution in [1.29, 1.82) is 0 Å². The van der Waals surface area contributed by atoms with Crippen LogP contribution < -0.4 is 15.4 Å². The van der Waals surface area contributed by atoms with Gasteiger partial charge in [-0.2, -0.15) is 0 Å². The predicted octanol–water partition coefficient (Wildman–Crippen LogP) is 7.40. The number of piperidine rings is 1. The Hall–Kier alpha value is -3.40. The lowest BCUT2D eigenvalue weighted by Gasteiger charge is -2.45. The van der Waals surface area contributed by atoms with Gasteiger partial charge in [0.05, 0.1) is 28.8 Å². The number of likely N-dealkylation sites (tertiary alicyclic amines) is 1. The van der Waals surface area contributed by atoms with E-state index in [0.717, 1.165) is 5.56 Å². The minimum absolute atomic E-state index is 0.107. The number of halogens is 4. The lowest BCUT2D eigenvalue weighted by Crippen LogP contribution is -2.50. The van der Waals surface area contributed by atoms with Crippen molar-refractivity contribution in [3.63, 3.8) is 0 Å².